The van der Waals surface area contributed by atoms with Gasteiger partial charge in [0.2, 0.25) is 5.82 Å². The number of rotatable bonds is 8. The first-order valence-electron chi connectivity index (χ1n) is 14.7. The number of nitriles is 1. The first kappa shape index (κ1) is 30.1. The van der Waals surface area contributed by atoms with Crippen molar-refractivity contribution in [2.75, 3.05) is 12.3 Å². The van der Waals surface area contributed by atoms with Crippen LogP contribution in [0.1, 0.15) is 52.1 Å². The Labute approximate surface area is 257 Å². The maximum absolute atomic E-state index is 15.7. The Bertz CT molecular complexity index is 1860. The number of halogens is 3. The number of likely N-dealkylation sites (tertiary alicyclic amines) is 1. The summed E-state index contributed by atoms with van der Waals surface area (Å²) >= 11 is 0. The molecule has 1 aliphatic carbocycles. The van der Waals surface area contributed by atoms with E-state index in [1.54, 1.807) is 9.58 Å². The van der Waals surface area contributed by atoms with Crippen LogP contribution in [0, 0.1) is 28.8 Å². The number of hydrogen-bond donors (Lipinski definition) is 2. The Morgan fingerprint density at radius 3 is 2.69 bits per heavy atom. The molecule has 0 spiro atoms. The zero-order valence-electron chi connectivity index (χ0n) is 24.7. The lowest BCUT2D eigenvalue weighted by Crippen LogP contribution is -2.48. The second-order valence-corrected chi connectivity index (χ2v) is 11.6. The summed E-state index contributed by atoms with van der Waals surface area (Å²) in [4.78, 5) is 24.4. The Morgan fingerprint density at radius 2 is 1.98 bits per heavy atom. The summed E-state index contributed by atoms with van der Waals surface area (Å²) in [6, 6.07) is 9.47. The van der Waals surface area contributed by atoms with Crippen LogP contribution in [0.15, 0.2) is 54.4 Å². The molecule has 3 heterocycles. The first-order valence-corrected chi connectivity index (χ1v) is 14.7. The second kappa shape index (κ2) is 11.9. The van der Waals surface area contributed by atoms with E-state index in [1.807, 2.05) is 13.8 Å². The van der Waals surface area contributed by atoms with Crippen molar-refractivity contribution >= 4 is 22.8 Å². The normalized spacial score (nSPS) is 17.8. The van der Waals surface area contributed by atoms with E-state index in [0.717, 1.165) is 37.8 Å². The fraction of sp³-hybridized carbons (Fsp3) is 0.344. The number of ether oxygens (including phenoxy) is 1. The highest BCUT2D eigenvalue weighted by atomic mass is 19.2. The molecule has 0 bridgehead atoms. The van der Waals surface area contributed by atoms with Crippen LogP contribution in [-0.2, 0) is 4.79 Å². The lowest BCUT2D eigenvalue weighted by Gasteiger charge is -2.37. The highest BCUT2D eigenvalue weighted by molar-refractivity contribution is 5.99. The van der Waals surface area contributed by atoms with Crippen LogP contribution in [0.3, 0.4) is 0 Å². The van der Waals surface area contributed by atoms with Gasteiger partial charge in [-0.3, -0.25) is 4.79 Å². The number of benzene rings is 2. The molecule has 4 aromatic rings. The number of carbonyl (C=O) groups excluding carboxylic acids is 1. The standard InChI is InChI=1S/C32H31F3N8O2/c1-18(2)40-32(12-13-32)21(11-14-36)31(44)42-15-4-3-8-25(42)43-30-26(29(37)38-17-39-30)28(41-43)20-10-9-19(16-23(20)34)45-24-7-5-6-22(33)27(24)35/h5-7,9-11,16-18,25,40H,3-4,8,12-13,15H2,1-2H3,(H2,37,38,39). The van der Waals surface area contributed by atoms with E-state index in [0.29, 0.717) is 29.6 Å². The number of allylic oxidation sites excluding steroid dienone is 1. The van der Waals surface area contributed by atoms with Gasteiger partial charge in [-0.05, 0) is 56.4 Å². The smallest absolute Gasteiger partial charge is 0.254 e. The highest BCUT2D eigenvalue weighted by Gasteiger charge is 2.50. The van der Waals surface area contributed by atoms with Crippen molar-refractivity contribution < 1.29 is 22.7 Å². The van der Waals surface area contributed by atoms with Gasteiger partial charge in [-0.2, -0.15) is 14.8 Å². The molecule has 1 amide bonds. The SMILES string of the molecule is CC(C)NC1(C(=CC#N)C(=O)N2CCCCC2n2nc(-c3ccc(Oc4cccc(F)c4F)cc3F)c3c(N)ncnc32)CC1. The lowest BCUT2D eigenvalue weighted by molar-refractivity contribution is -0.133. The molecule has 3 N–H and O–H groups in total. The van der Waals surface area contributed by atoms with Crippen LogP contribution in [-0.4, -0.2) is 48.7 Å². The molecule has 1 saturated carbocycles. The Hall–Kier alpha value is -4.96. The number of hydrogen-bond acceptors (Lipinski definition) is 8. The van der Waals surface area contributed by atoms with Crippen LogP contribution in [0.2, 0.25) is 0 Å². The molecule has 10 nitrogen and oxygen atoms in total. The molecule has 1 saturated heterocycles. The van der Waals surface area contributed by atoms with Crippen molar-refractivity contribution in [3.8, 4) is 28.8 Å². The lowest BCUT2D eigenvalue weighted by atomic mass is 9.99. The molecular formula is C32H31F3N8O2. The maximum atomic E-state index is 15.7. The van der Waals surface area contributed by atoms with Crippen molar-refractivity contribution in [2.45, 2.75) is 63.7 Å². The van der Waals surface area contributed by atoms with Gasteiger partial charge in [0, 0.05) is 41.4 Å². The van der Waals surface area contributed by atoms with E-state index >= 15 is 4.39 Å². The van der Waals surface area contributed by atoms with E-state index in [9.17, 15) is 18.8 Å². The summed E-state index contributed by atoms with van der Waals surface area (Å²) in [5, 5.41) is 18.1. The van der Waals surface area contributed by atoms with Gasteiger partial charge in [0.25, 0.3) is 5.91 Å². The third-order valence-electron chi connectivity index (χ3n) is 8.14. The van der Waals surface area contributed by atoms with E-state index < -0.39 is 34.9 Å². The van der Waals surface area contributed by atoms with Crippen molar-refractivity contribution in [3.63, 3.8) is 0 Å². The van der Waals surface area contributed by atoms with Gasteiger partial charge < -0.3 is 20.7 Å². The minimum absolute atomic E-state index is 0.0455. The summed E-state index contributed by atoms with van der Waals surface area (Å²) < 4.78 is 50.5. The van der Waals surface area contributed by atoms with Crippen LogP contribution >= 0.6 is 0 Å². The number of nitrogens with zero attached hydrogens (tertiary/aromatic N) is 6. The molecule has 2 aliphatic rings. The molecule has 6 rings (SSSR count). The Balaban J connectivity index is 1.39. The average Bonchev–Trinajstić information content (AvgIpc) is 3.67. The molecule has 2 aromatic carbocycles. The summed E-state index contributed by atoms with van der Waals surface area (Å²) in [5.74, 6) is -3.69. The third-order valence-corrected chi connectivity index (χ3v) is 8.14. The number of amides is 1. The number of nitrogens with two attached hydrogens (primary N) is 1. The summed E-state index contributed by atoms with van der Waals surface area (Å²) in [6.45, 7) is 4.42. The number of fused-ring (bicyclic) bond motifs is 1. The molecule has 232 valence electrons. The van der Waals surface area contributed by atoms with Crippen molar-refractivity contribution in [2.24, 2.45) is 0 Å². The predicted octanol–water partition coefficient (Wildman–Crippen LogP) is 5.78. The van der Waals surface area contributed by atoms with Crippen LogP contribution in [0.4, 0.5) is 19.0 Å². The predicted molar refractivity (Wildman–Crippen MR) is 160 cm³/mol. The zero-order valence-corrected chi connectivity index (χ0v) is 24.7. The van der Waals surface area contributed by atoms with E-state index in [1.165, 1.54) is 36.7 Å². The van der Waals surface area contributed by atoms with Gasteiger partial charge in [0.05, 0.1) is 11.5 Å². The number of anilines is 1. The molecule has 1 aliphatic heterocycles. The molecule has 0 radical (unpaired) electrons. The van der Waals surface area contributed by atoms with Gasteiger partial charge in [0.15, 0.2) is 17.2 Å². The summed E-state index contributed by atoms with van der Waals surface area (Å²) in [6.07, 6.45) is 5.62. The van der Waals surface area contributed by atoms with Crippen LogP contribution in [0.5, 0.6) is 11.5 Å². The molecule has 2 fully saturated rings. The van der Waals surface area contributed by atoms with Gasteiger partial charge in [-0.1, -0.05) is 19.9 Å². The molecule has 13 heteroatoms. The number of nitrogen functional groups attached to an aromatic ring is 1. The van der Waals surface area contributed by atoms with Crippen LogP contribution < -0.4 is 15.8 Å². The summed E-state index contributed by atoms with van der Waals surface area (Å²) in [5.41, 5.74) is 6.64. The van der Waals surface area contributed by atoms with Crippen molar-refractivity contribution in [1.82, 2.24) is 30.0 Å². The van der Waals surface area contributed by atoms with Gasteiger partial charge >= 0.3 is 0 Å². The molecule has 45 heavy (non-hydrogen) atoms. The maximum Gasteiger partial charge on any atom is 0.254 e. The second-order valence-electron chi connectivity index (χ2n) is 11.6. The summed E-state index contributed by atoms with van der Waals surface area (Å²) in [7, 11) is 0. The molecule has 1 atom stereocenters. The Morgan fingerprint density at radius 1 is 1.18 bits per heavy atom. The van der Waals surface area contributed by atoms with Crippen LogP contribution in [0.25, 0.3) is 22.3 Å². The minimum Gasteiger partial charge on any atom is -0.454 e. The first-order chi connectivity index (χ1) is 21.6. The van der Waals surface area contributed by atoms with Gasteiger partial charge in [-0.15, -0.1) is 0 Å². The van der Waals surface area contributed by atoms with Gasteiger partial charge in [0.1, 0.15) is 35.6 Å². The quantitative estimate of drug-likeness (QED) is 0.188. The molecular weight excluding hydrogens is 585 g/mol. The van der Waals surface area contributed by atoms with E-state index in [2.05, 4.69) is 21.4 Å². The fourth-order valence-corrected chi connectivity index (χ4v) is 6.03. The third kappa shape index (κ3) is 5.57. The Kier molecular flexibility index (Phi) is 7.92. The van der Waals surface area contributed by atoms with Gasteiger partial charge in [-0.25, -0.2) is 23.4 Å². The number of carbonyl (C=O) groups is 1. The zero-order chi connectivity index (χ0) is 31.9. The fourth-order valence-electron chi connectivity index (χ4n) is 6.03. The largest absolute Gasteiger partial charge is 0.454 e. The number of aromatic nitrogens is 4. The van der Waals surface area contributed by atoms with Crippen molar-refractivity contribution in [3.05, 3.63) is 71.8 Å². The molecule has 1 unspecified atom stereocenters. The average molecular weight is 617 g/mol. The monoisotopic (exact) mass is 616 g/mol. The van der Waals surface area contributed by atoms with E-state index in [4.69, 9.17) is 15.6 Å². The number of nitrogens with one attached hydrogen (secondary N) is 1. The highest BCUT2D eigenvalue weighted by Crippen LogP contribution is 2.45. The minimum atomic E-state index is -1.19. The van der Waals surface area contributed by atoms with E-state index in [-0.39, 0.29) is 34.8 Å². The topological polar surface area (TPSA) is 135 Å². The number of piperidine rings is 1. The molecule has 2 aromatic heterocycles. The van der Waals surface area contributed by atoms with Crippen molar-refractivity contribution in [1.29, 1.82) is 5.26 Å².